The first-order valence-electron chi connectivity index (χ1n) is 6.20. The van der Waals surface area contributed by atoms with E-state index in [4.69, 9.17) is 15.3 Å². The Labute approximate surface area is 113 Å². The Balaban J connectivity index is 2.69. The van der Waals surface area contributed by atoms with Crippen LogP contribution in [-0.2, 0) is 11.2 Å². The number of nitrogens with one attached hydrogen (secondary N) is 1. The van der Waals surface area contributed by atoms with E-state index in [0.717, 1.165) is 17.1 Å². The van der Waals surface area contributed by atoms with Gasteiger partial charge in [-0.2, -0.15) is 0 Å². The van der Waals surface area contributed by atoms with Crippen molar-refractivity contribution in [3.63, 3.8) is 0 Å². The van der Waals surface area contributed by atoms with Crippen LogP contribution in [0.1, 0.15) is 18.9 Å². The second-order valence-corrected chi connectivity index (χ2v) is 3.86. The van der Waals surface area contributed by atoms with Gasteiger partial charge in [-0.25, -0.2) is 5.84 Å². The van der Waals surface area contributed by atoms with Crippen LogP contribution in [0.2, 0.25) is 0 Å². The molecule has 3 N–H and O–H groups in total. The summed E-state index contributed by atoms with van der Waals surface area (Å²) in [5.74, 6) is 6.27. The number of ether oxygens (including phenoxy) is 2. The van der Waals surface area contributed by atoms with Crippen LogP contribution in [0.4, 0.5) is 0 Å². The van der Waals surface area contributed by atoms with Gasteiger partial charge in [0.15, 0.2) is 0 Å². The van der Waals surface area contributed by atoms with Gasteiger partial charge < -0.3 is 9.47 Å². The summed E-state index contributed by atoms with van der Waals surface area (Å²) in [6.45, 7) is 6.55. The highest BCUT2D eigenvalue weighted by atomic mass is 16.5. The molecule has 5 nitrogen and oxygen atoms in total. The third-order valence-electron chi connectivity index (χ3n) is 2.45. The van der Waals surface area contributed by atoms with E-state index in [-0.39, 0.29) is 18.9 Å². The number of hydrogen-bond donors (Lipinski definition) is 2. The van der Waals surface area contributed by atoms with Gasteiger partial charge in [-0.15, -0.1) is 6.58 Å². The second kappa shape index (κ2) is 8.16. The first kappa shape index (κ1) is 15.0. The van der Waals surface area contributed by atoms with Crippen LogP contribution in [0.25, 0.3) is 0 Å². The van der Waals surface area contributed by atoms with Crippen molar-refractivity contribution >= 4 is 5.91 Å². The van der Waals surface area contributed by atoms with Crippen LogP contribution in [-0.4, -0.2) is 19.1 Å². The molecule has 0 aliphatic carbocycles. The highest BCUT2D eigenvalue weighted by Gasteiger charge is 2.06. The standard InChI is InChI=1S/C14H20N2O3/c1-3-5-11-10-12(18-4-2)6-7-13(11)19-9-8-14(17)16-15/h3,6-7,10H,1,4-5,8-9,15H2,2H3,(H,16,17). The van der Waals surface area contributed by atoms with Gasteiger partial charge >= 0.3 is 0 Å². The molecule has 1 amide bonds. The van der Waals surface area contributed by atoms with Crippen molar-refractivity contribution in [2.75, 3.05) is 13.2 Å². The summed E-state index contributed by atoms with van der Waals surface area (Å²) >= 11 is 0. The molecule has 0 heterocycles. The zero-order valence-corrected chi connectivity index (χ0v) is 11.1. The molecule has 0 aliphatic heterocycles. The first-order valence-corrected chi connectivity index (χ1v) is 6.20. The summed E-state index contributed by atoms with van der Waals surface area (Å²) < 4.78 is 11.0. The van der Waals surface area contributed by atoms with Crippen LogP contribution in [0.15, 0.2) is 30.9 Å². The third kappa shape index (κ3) is 5.01. The highest BCUT2D eigenvalue weighted by Crippen LogP contribution is 2.25. The molecular formula is C14H20N2O3. The van der Waals surface area contributed by atoms with Gasteiger partial charge in [0.1, 0.15) is 11.5 Å². The summed E-state index contributed by atoms with van der Waals surface area (Å²) in [7, 11) is 0. The molecule has 0 fully saturated rings. The fourth-order valence-electron chi connectivity index (χ4n) is 1.59. The molecule has 0 saturated carbocycles. The second-order valence-electron chi connectivity index (χ2n) is 3.86. The van der Waals surface area contributed by atoms with Crippen molar-refractivity contribution in [1.82, 2.24) is 5.43 Å². The summed E-state index contributed by atoms with van der Waals surface area (Å²) in [6, 6.07) is 5.60. The summed E-state index contributed by atoms with van der Waals surface area (Å²) in [4.78, 5) is 11.0. The van der Waals surface area contributed by atoms with E-state index in [1.54, 1.807) is 6.08 Å². The zero-order chi connectivity index (χ0) is 14.1. The van der Waals surface area contributed by atoms with Gasteiger partial charge in [-0.3, -0.25) is 10.2 Å². The Morgan fingerprint density at radius 3 is 2.89 bits per heavy atom. The lowest BCUT2D eigenvalue weighted by atomic mass is 10.1. The Bertz CT molecular complexity index is 433. The Morgan fingerprint density at radius 1 is 1.47 bits per heavy atom. The summed E-state index contributed by atoms with van der Waals surface area (Å²) in [5, 5.41) is 0. The maximum absolute atomic E-state index is 11.0. The molecule has 0 bridgehead atoms. The molecule has 0 saturated heterocycles. The van der Waals surface area contributed by atoms with Gasteiger partial charge in [0.2, 0.25) is 5.91 Å². The van der Waals surface area contributed by atoms with Crippen molar-refractivity contribution in [3.8, 4) is 11.5 Å². The number of carbonyl (C=O) groups excluding carboxylic acids is 1. The fraction of sp³-hybridized carbons (Fsp3) is 0.357. The smallest absolute Gasteiger partial charge is 0.237 e. The SMILES string of the molecule is C=CCc1cc(OCC)ccc1OCCC(=O)NN. The van der Waals surface area contributed by atoms with Crippen LogP contribution in [0, 0.1) is 0 Å². The quantitative estimate of drug-likeness (QED) is 0.323. The van der Waals surface area contributed by atoms with Gasteiger partial charge in [-0.05, 0) is 31.5 Å². The number of rotatable bonds is 8. The number of hydrazine groups is 1. The summed E-state index contributed by atoms with van der Waals surface area (Å²) in [5.41, 5.74) is 3.04. The van der Waals surface area contributed by atoms with E-state index in [1.807, 2.05) is 25.1 Å². The van der Waals surface area contributed by atoms with E-state index >= 15 is 0 Å². The fourth-order valence-corrected chi connectivity index (χ4v) is 1.59. The molecule has 5 heteroatoms. The molecule has 0 spiro atoms. The minimum atomic E-state index is -0.254. The zero-order valence-electron chi connectivity index (χ0n) is 11.1. The number of hydrogen-bond acceptors (Lipinski definition) is 4. The molecule has 0 unspecified atom stereocenters. The van der Waals surface area contributed by atoms with Crippen molar-refractivity contribution < 1.29 is 14.3 Å². The van der Waals surface area contributed by atoms with E-state index in [9.17, 15) is 4.79 Å². The molecular weight excluding hydrogens is 244 g/mol. The van der Waals surface area contributed by atoms with Gasteiger partial charge in [0, 0.05) is 5.56 Å². The minimum Gasteiger partial charge on any atom is -0.494 e. The molecule has 0 radical (unpaired) electrons. The van der Waals surface area contributed by atoms with E-state index in [2.05, 4.69) is 12.0 Å². The minimum absolute atomic E-state index is 0.219. The average molecular weight is 264 g/mol. The van der Waals surface area contributed by atoms with E-state index < -0.39 is 0 Å². The maximum Gasteiger partial charge on any atom is 0.237 e. The Kier molecular flexibility index (Phi) is 6.46. The molecule has 1 rings (SSSR count). The molecule has 0 aliphatic rings. The molecule has 19 heavy (non-hydrogen) atoms. The first-order chi connectivity index (χ1) is 9.21. The predicted molar refractivity (Wildman–Crippen MR) is 74.0 cm³/mol. The number of amides is 1. The largest absolute Gasteiger partial charge is 0.494 e. The molecule has 0 atom stereocenters. The molecule has 0 aromatic heterocycles. The van der Waals surface area contributed by atoms with Gasteiger partial charge in [-0.1, -0.05) is 6.08 Å². The topological polar surface area (TPSA) is 73.6 Å². The van der Waals surface area contributed by atoms with Crippen LogP contribution in [0.5, 0.6) is 11.5 Å². The van der Waals surface area contributed by atoms with Crippen LogP contribution in [0.3, 0.4) is 0 Å². The maximum atomic E-state index is 11.0. The van der Waals surface area contributed by atoms with Crippen LogP contribution < -0.4 is 20.7 Å². The van der Waals surface area contributed by atoms with Gasteiger partial charge in [0.05, 0.1) is 19.6 Å². The van der Waals surface area contributed by atoms with E-state index in [0.29, 0.717) is 13.0 Å². The van der Waals surface area contributed by atoms with Crippen molar-refractivity contribution in [2.24, 2.45) is 5.84 Å². The number of allylic oxidation sites excluding steroid dienone is 1. The summed E-state index contributed by atoms with van der Waals surface area (Å²) in [6.07, 6.45) is 2.70. The lowest BCUT2D eigenvalue weighted by Gasteiger charge is -2.12. The monoisotopic (exact) mass is 264 g/mol. The number of carbonyl (C=O) groups is 1. The number of benzene rings is 1. The highest BCUT2D eigenvalue weighted by molar-refractivity contribution is 5.75. The molecule has 104 valence electrons. The number of nitrogens with two attached hydrogens (primary N) is 1. The van der Waals surface area contributed by atoms with Crippen molar-refractivity contribution in [2.45, 2.75) is 19.8 Å². The van der Waals surface area contributed by atoms with Crippen molar-refractivity contribution in [3.05, 3.63) is 36.4 Å². The van der Waals surface area contributed by atoms with E-state index in [1.165, 1.54) is 0 Å². The average Bonchev–Trinajstić information content (AvgIpc) is 2.41. The third-order valence-corrected chi connectivity index (χ3v) is 2.45. The Morgan fingerprint density at radius 2 is 2.26 bits per heavy atom. The molecule has 1 aromatic carbocycles. The lowest BCUT2D eigenvalue weighted by molar-refractivity contribution is -0.121. The Hall–Kier alpha value is -2.01. The van der Waals surface area contributed by atoms with Crippen LogP contribution >= 0.6 is 0 Å². The van der Waals surface area contributed by atoms with Crippen molar-refractivity contribution in [1.29, 1.82) is 0 Å². The predicted octanol–water partition coefficient (Wildman–Crippen LogP) is 1.57. The lowest BCUT2D eigenvalue weighted by Crippen LogP contribution is -2.31. The molecule has 1 aromatic rings. The van der Waals surface area contributed by atoms with Gasteiger partial charge in [0.25, 0.3) is 0 Å². The normalized spacial score (nSPS) is 9.79.